The lowest BCUT2D eigenvalue weighted by molar-refractivity contribution is -0.124. The Labute approximate surface area is 117 Å². The molecule has 0 spiro atoms. The van der Waals surface area contributed by atoms with E-state index in [2.05, 4.69) is 9.84 Å². The van der Waals surface area contributed by atoms with Crippen LogP contribution in [0, 0.1) is 0 Å². The largest absolute Gasteiger partial charge is 0.435 e. The number of hydrazone groups is 1. The van der Waals surface area contributed by atoms with Gasteiger partial charge in [-0.3, -0.25) is 4.79 Å². The average Bonchev–Trinajstić information content (AvgIpc) is 2.68. The molecule has 8 heteroatoms. The molecular weight excluding hydrogens is 294 g/mol. The zero-order valence-electron chi connectivity index (χ0n) is 9.45. The van der Waals surface area contributed by atoms with Crippen molar-refractivity contribution in [2.75, 3.05) is 5.75 Å². The molecule has 0 radical (unpaired) electrons. The first-order valence-corrected chi connectivity index (χ1v) is 6.54. The smallest absolute Gasteiger partial charge is 0.387 e. The van der Waals surface area contributed by atoms with Gasteiger partial charge in [-0.15, -0.1) is 0 Å². The molecule has 0 atom stereocenters. The van der Waals surface area contributed by atoms with Crippen molar-refractivity contribution in [2.24, 2.45) is 5.10 Å². The van der Waals surface area contributed by atoms with Gasteiger partial charge in [-0.25, -0.2) is 0 Å². The van der Waals surface area contributed by atoms with Crippen LogP contribution in [0.3, 0.4) is 0 Å². The number of rotatable bonds is 4. The van der Waals surface area contributed by atoms with E-state index in [-0.39, 0.29) is 17.4 Å². The highest BCUT2D eigenvalue weighted by Gasteiger charge is 2.25. The molecule has 0 N–H and O–H groups in total. The lowest BCUT2D eigenvalue weighted by atomic mass is 10.2. The predicted octanol–water partition coefficient (Wildman–Crippen LogP) is 2.48. The quantitative estimate of drug-likeness (QED) is 0.633. The van der Waals surface area contributed by atoms with E-state index in [1.54, 1.807) is 12.1 Å². The van der Waals surface area contributed by atoms with Gasteiger partial charge < -0.3 is 4.74 Å². The number of carbonyl (C=O) groups excluding carboxylic acids is 1. The van der Waals surface area contributed by atoms with E-state index in [0.29, 0.717) is 9.88 Å². The first kappa shape index (κ1) is 13.9. The summed E-state index contributed by atoms with van der Waals surface area (Å²) in [4.78, 5) is 11.4. The highest BCUT2D eigenvalue weighted by molar-refractivity contribution is 8.23. The van der Waals surface area contributed by atoms with Gasteiger partial charge in [0.15, 0.2) is 4.32 Å². The van der Waals surface area contributed by atoms with Crippen molar-refractivity contribution in [3.05, 3.63) is 29.8 Å². The third kappa shape index (κ3) is 3.71. The molecule has 1 saturated heterocycles. The molecule has 1 heterocycles. The molecule has 4 nitrogen and oxygen atoms in total. The zero-order chi connectivity index (χ0) is 13.8. The van der Waals surface area contributed by atoms with E-state index in [9.17, 15) is 13.6 Å². The third-order valence-electron chi connectivity index (χ3n) is 2.16. The maximum atomic E-state index is 12.0. The molecule has 1 amide bonds. The van der Waals surface area contributed by atoms with Crippen molar-refractivity contribution < 1.29 is 18.3 Å². The molecule has 0 aliphatic carbocycles. The standard InChI is InChI=1S/C11H8F2N2O2S2/c12-10(13)17-8-3-1-7(2-4-8)5-14-15-9(16)6-19-11(15)18/h1-5,10H,6H2. The topological polar surface area (TPSA) is 41.9 Å². The van der Waals surface area contributed by atoms with Crippen molar-refractivity contribution in [3.8, 4) is 5.75 Å². The Morgan fingerprint density at radius 3 is 2.63 bits per heavy atom. The number of thiocarbonyl (C=S) groups is 1. The summed E-state index contributed by atoms with van der Waals surface area (Å²) in [5.41, 5.74) is 0.647. The second-order valence-corrected chi connectivity index (χ2v) is 5.06. The Bertz CT molecular complexity index is 504. The van der Waals surface area contributed by atoms with Gasteiger partial charge in [0.25, 0.3) is 5.91 Å². The van der Waals surface area contributed by atoms with Gasteiger partial charge in [-0.2, -0.15) is 18.9 Å². The molecule has 0 unspecified atom stereocenters. The molecule has 1 fully saturated rings. The first-order chi connectivity index (χ1) is 9.06. The fourth-order valence-corrected chi connectivity index (χ4v) is 2.29. The highest BCUT2D eigenvalue weighted by Crippen LogP contribution is 2.19. The van der Waals surface area contributed by atoms with Crippen molar-refractivity contribution in [3.63, 3.8) is 0 Å². The molecular formula is C11H8F2N2O2S2. The van der Waals surface area contributed by atoms with Crippen LogP contribution in [0.5, 0.6) is 5.75 Å². The van der Waals surface area contributed by atoms with Gasteiger partial charge in [0.1, 0.15) is 5.75 Å². The van der Waals surface area contributed by atoms with Gasteiger partial charge >= 0.3 is 6.61 Å². The Morgan fingerprint density at radius 1 is 1.42 bits per heavy atom. The number of ether oxygens (including phenoxy) is 1. The van der Waals surface area contributed by atoms with Crippen LogP contribution in [-0.4, -0.2) is 33.8 Å². The van der Waals surface area contributed by atoms with Crippen molar-refractivity contribution in [1.29, 1.82) is 0 Å². The third-order valence-corrected chi connectivity index (χ3v) is 3.49. The monoisotopic (exact) mass is 302 g/mol. The van der Waals surface area contributed by atoms with Crippen LogP contribution in [0.1, 0.15) is 5.56 Å². The Morgan fingerprint density at radius 2 is 2.11 bits per heavy atom. The molecule has 1 aliphatic rings. The molecule has 19 heavy (non-hydrogen) atoms. The van der Waals surface area contributed by atoms with Crippen LogP contribution in [0.4, 0.5) is 8.78 Å². The van der Waals surface area contributed by atoms with Crippen LogP contribution in [-0.2, 0) is 4.79 Å². The van der Waals surface area contributed by atoms with E-state index in [1.165, 1.54) is 30.1 Å². The molecule has 0 bridgehead atoms. The number of alkyl halides is 2. The second kappa shape index (κ2) is 6.07. The molecule has 1 aliphatic heterocycles. The number of hydrogen-bond acceptors (Lipinski definition) is 5. The SMILES string of the molecule is O=C1CSC(=S)N1N=Cc1ccc(OC(F)F)cc1. The zero-order valence-corrected chi connectivity index (χ0v) is 11.1. The van der Waals surface area contributed by atoms with Crippen LogP contribution in [0.15, 0.2) is 29.4 Å². The number of carbonyl (C=O) groups is 1. The number of amides is 1. The summed E-state index contributed by atoms with van der Waals surface area (Å²) in [6.45, 7) is -2.85. The summed E-state index contributed by atoms with van der Waals surface area (Å²) in [6.07, 6.45) is 1.43. The van der Waals surface area contributed by atoms with Crippen LogP contribution < -0.4 is 4.74 Å². The normalized spacial score (nSPS) is 15.8. The van der Waals surface area contributed by atoms with E-state index >= 15 is 0 Å². The van der Waals surface area contributed by atoms with Gasteiger partial charge in [0.2, 0.25) is 0 Å². The Kier molecular flexibility index (Phi) is 4.43. The molecule has 1 aromatic rings. The number of halogens is 2. The maximum absolute atomic E-state index is 12.0. The van der Waals surface area contributed by atoms with E-state index < -0.39 is 6.61 Å². The second-order valence-electron chi connectivity index (χ2n) is 3.45. The fraction of sp³-hybridized carbons (Fsp3) is 0.182. The van der Waals surface area contributed by atoms with E-state index in [0.717, 1.165) is 5.01 Å². The molecule has 1 aromatic carbocycles. The summed E-state index contributed by atoms with van der Waals surface area (Å²) in [5, 5.41) is 5.10. The minimum atomic E-state index is -2.85. The summed E-state index contributed by atoms with van der Waals surface area (Å²) >= 11 is 6.20. The van der Waals surface area contributed by atoms with Crippen LogP contribution in [0.2, 0.25) is 0 Å². The van der Waals surface area contributed by atoms with Gasteiger partial charge in [0.05, 0.1) is 12.0 Å². The van der Waals surface area contributed by atoms with Gasteiger partial charge in [0, 0.05) is 0 Å². The summed E-state index contributed by atoms with van der Waals surface area (Å²) < 4.78 is 28.5. The minimum Gasteiger partial charge on any atom is -0.435 e. The number of benzene rings is 1. The van der Waals surface area contributed by atoms with Crippen molar-refractivity contribution in [2.45, 2.75) is 6.61 Å². The summed E-state index contributed by atoms with van der Waals surface area (Å²) in [6, 6.07) is 5.90. The molecule has 2 rings (SSSR count). The lowest BCUT2D eigenvalue weighted by Gasteiger charge is -2.07. The number of nitrogens with zero attached hydrogens (tertiary/aromatic N) is 2. The fourth-order valence-electron chi connectivity index (χ4n) is 1.32. The lowest BCUT2D eigenvalue weighted by Crippen LogP contribution is -2.22. The van der Waals surface area contributed by atoms with Gasteiger partial charge in [-0.1, -0.05) is 24.0 Å². The van der Waals surface area contributed by atoms with Gasteiger partial charge in [-0.05, 0) is 29.8 Å². The maximum Gasteiger partial charge on any atom is 0.387 e. The average molecular weight is 302 g/mol. The molecule has 100 valence electrons. The van der Waals surface area contributed by atoms with E-state index in [1.807, 2.05) is 0 Å². The van der Waals surface area contributed by atoms with Crippen LogP contribution in [0.25, 0.3) is 0 Å². The van der Waals surface area contributed by atoms with Crippen molar-refractivity contribution in [1.82, 2.24) is 5.01 Å². The minimum absolute atomic E-state index is 0.0653. The number of thioether (sulfide) groups is 1. The van der Waals surface area contributed by atoms with Crippen LogP contribution >= 0.6 is 24.0 Å². The first-order valence-electron chi connectivity index (χ1n) is 5.15. The Hall–Kier alpha value is -1.54. The summed E-state index contributed by atoms with van der Waals surface area (Å²) in [5.74, 6) is 0.177. The van der Waals surface area contributed by atoms with Crippen molar-refractivity contribution >= 4 is 40.4 Å². The number of hydrogen-bond donors (Lipinski definition) is 0. The Balaban J connectivity index is 2.03. The van der Waals surface area contributed by atoms with E-state index in [4.69, 9.17) is 12.2 Å². The predicted molar refractivity (Wildman–Crippen MR) is 72.6 cm³/mol. The highest BCUT2D eigenvalue weighted by atomic mass is 32.2. The molecule has 0 saturated carbocycles. The summed E-state index contributed by atoms with van der Waals surface area (Å²) in [7, 11) is 0. The molecule has 0 aromatic heterocycles.